The van der Waals surface area contributed by atoms with E-state index in [1.165, 1.54) is 45.2 Å². The van der Waals surface area contributed by atoms with Crippen LogP contribution in [0.25, 0.3) is 22.2 Å². The predicted molar refractivity (Wildman–Crippen MR) is 113 cm³/mol. The molecular formula is C23H23FN4O2. The van der Waals surface area contributed by atoms with Crippen molar-refractivity contribution in [3.8, 4) is 11.1 Å². The molecule has 1 aliphatic carbocycles. The van der Waals surface area contributed by atoms with Gasteiger partial charge in [0.25, 0.3) is 5.91 Å². The summed E-state index contributed by atoms with van der Waals surface area (Å²) in [6, 6.07) is 7.78. The van der Waals surface area contributed by atoms with Gasteiger partial charge in [-0.15, -0.1) is 0 Å². The van der Waals surface area contributed by atoms with Gasteiger partial charge in [-0.1, -0.05) is 25.3 Å². The van der Waals surface area contributed by atoms with Crippen LogP contribution in [0.4, 0.5) is 10.1 Å². The SMILES string of the molecule is CN(O)C(=O)c1c(F)cc(-c2ccc3c(c2)ncn3C2CCCCC2)c2c1CC=N2. The molecule has 0 bridgehead atoms. The third-order valence-electron chi connectivity index (χ3n) is 6.23. The minimum Gasteiger partial charge on any atom is -0.327 e. The van der Waals surface area contributed by atoms with Gasteiger partial charge in [0.05, 0.1) is 28.6 Å². The Kier molecular flexibility index (Phi) is 4.62. The molecule has 1 aromatic heterocycles. The Morgan fingerprint density at radius 3 is 2.80 bits per heavy atom. The van der Waals surface area contributed by atoms with Crippen molar-refractivity contribution < 1.29 is 14.4 Å². The van der Waals surface area contributed by atoms with Gasteiger partial charge in [0.1, 0.15) is 5.82 Å². The quantitative estimate of drug-likeness (QED) is 0.488. The van der Waals surface area contributed by atoms with Crippen LogP contribution in [0.5, 0.6) is 0 Å². The predicted octanol–water partition coefficient (Wildman–Crippen LogP) is 5.07. The monoisotopic (exact) mass is 406 g/mol. The van der Waals surface area contributed by atoms with Crippen molar-refractivity contribution in [2.24, 2.45) is 4.99 Å². The Bertz CT molecular complexity index is 1180. The van der Waals surface area contributed by atoms with E-state index in [2.05, 4.69) is 14.5 Å². The minimum absolute atomic E-state index is 0.126. The van der Waals surface area contributed by atoms with E-state index >= 15 is 0 Å². The molecule has 0 spiro atoms. The summed E-state index contributed by atoms with van der Waals surface area (Å²) >= 11 is 0. The highest BCUT2D eigenvalue weighted by atomic mass is 19.1. The molecule has 2 heterocycles. The van der Waals surface area contributed by atoms with Crippen LogP contribution < -0.4 is 0 Å². The maximum atomic E-state index is 14.9. The van der Waals surface area contributed by atoms with E-state index in [-0.39, 0.29) is 5.56 Å². The fraction of sp³-hybridized carbons (Fsp3) is 0.348. The van der Waals surface area contributed by atoms with Gasteiger partial charge in [0.2, 0.25) is 0 Å². The number of fused-ring (bicyclic) bond motifs is 2. The number of carbonyl (C=O) groups is 1. The fourth-order valence-electron chi connectivity index (χ4n) is 4.73. The van der Waals surface area contributed by atoms with Gasteiger partial charge in [-0.25, -0.2) is 14.4 Å². The van der Waals surface area contributed by atoms with Crippen molar-refractivity contribution in [3.63, 3.8) is 0 Å². The molecule has 1 saturated carbocycles. The fourth-order valence-corrected chi connectivity index (χ4v) is 4.73. The van der Waals surface area contributed by atoms with Crippen LogP contribution in [0.15, 0.2) is 35.6 Å². The number of halogens is 1. The van der Waals surface area contributed by atoms with Crippen molar-refractivity contribution in [3.05, 3.63) is 47.5 Å². The maximum absolute atomic E-state index is 14.9. The number of aromatic nitrogens is 2. The first-order valence-electron chi connectivity index (χ1n) is 10.4. The van der Waals surface area contributed by atoms with Crippen LogP contribution >= 0.6 is 0 Å². The van der Waals surface area contributed by atoms with Gasteiger partial charge in [-0.05, 0) is 42.2 Å². The summed E-state index contributed by atoms with van der Waals surface area (Å²) in [5.41, 5.74) is 4.34. The number of benzene rings is 2. The van der Waals surface area contributed by atoms with E-state index in [4.69, 9.17) is 0 Å². The summed E-state index contributed by atoms with van der Waals surface area (Å²) in [6.45, 7) is 0. The average Bonchev–Trinajstić information content (AvgIpc) is 3.40. The van der Waals surface area contributed by atoms with E-state index < -0.39 is 11.7 Å². The summed E-state index contributed by atoms with van der Waals surface area (Å²) in [7, 11) is 1.19. The third-order valence-corrected chi connectivity index (χ3v) is 6.23. The summed E-state index contributed by atoms with van der Waals surface area (Å²) in [5.74, 6) is -1.43. The summed E-state index contributed by atoms with van der Waals surface area (Å²) in [6.07, 6.45) is 10.1. The lowest BCUT2D eigenvalue weighted by Crippen LogP contribution is -2.25. The normalized spacial score (nSPS) is 16.2. The standard InChI is InChI=1S/C23H23FN4O2/c1-27(30)23(29)21-16-9-10-25-22(16)17(12-18(21)24)14-7-8-20-19(11-14)26-13-28(20)15-5-3-2-4-6-15/h7-8,10-13,15,30H,2-6,9H2,1H3. The van der Waals surface area contributed by atoms with Crippen molar-refractivity contribution in [2.75, 3.05) is 7.05 Å². The van der Waals surface area contributed by atoms with Crippen LogP contribution in [0, 0.1) is 5.82 Å². The molecule has 1 amide bonds. The molecule has 0 radical (unpaired) electrons. The molecule has 1 N–H and O–H groups in total. The van der Waals surface area contributed by atoms with Crippen molar-refractivity contribution in [1.82, 2.24) is 14.6 Å². The second-order valence-electron chi connectivity index (χ2n) is 8.10. The van der Waals surface area contributed by atoms with E-state index in [0.29, 0.717) is 34.3 Å². The largest absolute Gasteiger partial charge is 0.327 e. The number of hydrogen-bond acceptors (Lipinski definition) is 4. The third kappa shape index (κ3) is 3.01. The van der Waals surface area contributed by atoms with Gasteiger partial charge in [0.15, 0.2) is 0 Å². The summed E-state index contributed by atoms with van der Waals surface area (Å²) < 4.78 is 17.2. The van der Waals surface area contributed by atoms with E-state index in [1.807, 2.05) is 24.5 Å². The number of hydrogen-bond donors (Lipinski definition) is 1. The van der Waals surface area contributed by atoms with Gasteiger partial charge in [0, 0.05) is 31.3 Å². The number of carbonyl (C=O) groups excluding carboxylic acids is 1. The zero-order valence-electron chi connectivity index (χ0n) is 16.8. The molecule has 154 valence electrons. The second kappa shape index (κ2) is 7.32. The van der Waals surface area contributed by atoms with Crippen LogP contribution in [0.3, 0.4) is 0 Å². The zero-order valence-corrected chi connectivity index (χ0v) is 16.8. The maximum Gasteiger partial charge on any atom is 0.280 e. The molecule has 7 heteroatoms. The Hall–Kier alpha value is -3.06. The van der Waals surface area contributed by atoms with Crippen molar-refractivity contribution in [2.45, 2.75) is 44.6 Å². The first kappa shape index (κ1) is 18.9. The molecule has 0 atom stereocenters. The lowest BCUT2D eigenvalue weighted by molar-refractivity contribution is -0.0379. The van der Waals surface area contributed by atoms with Crippen LogP contribution in [-0.4, -0.2) is 39.0 Å². The van der Waals surface area contributed by atoms with Gasteiger partial charge < -0.3 is 4.57 Å². The molecule has 3 aromatic rings. The molecular weight excluding hydrogens is 383 g/mol. The Morgan fingerprint density at radius 2 is 2.03 bits per heavy atom. The number of hydroxylamine groups is 2. The van der Waals surface area contributed by atoms with Crippen LogP contribution in [0.1, 0.15) is 54.1 Å². The molecule has 1 aliphatic heterocycles. The Labute approximate surface area is 173 Å². The highest BCUT2D eigenvalue weighted by molar-refractivity contribution is 6.01. The molecule has 2 aromatic carbocycles. The zero-order chi connectivity index (χ0) is 20.8. The Balaban J connectivity index is 1.59. The van der Waals surface area contributed by atoms with Gasteiger partial charge >= 0.3 is 0 Å². The average molecular weight is 406 g/mol. The molecule has 0 unspecified atom stereocenters. The van der Waals surface area contributed by atoms with Gasteiger partial charge in [-0.2, -0.15) is 0 Å². The number of rotatable bonds is 3. The van der Waals surface area contributed by atoms with E-state index in [0.717, 1.165) is 16.6 Å². The smallest absolute Gasteiger partial charge is 0.280 e. The number of aliphatic imine (C=N–C) groups is 1. The molecule has 30 heavy (non-hydrogen) atoms. The van der Waals surface area contributed by atoms with Crippen LogP contribution in [-0.2, 0) is 6.42 Å². The molecule has 0 saturated heterocycles. The first-order valence-corrected chi connectivity index (χ1v) is 10.4. The number of imidazole rings is 1. The molecule has 5 rings (SSSR count). The number of nitrogens with zero attached hydrogens (tertiary/aromatic N) is 4. The van der Waals surface area contributed by atoms with Crippen molar-refractivity contribution >= 4 is 28.8 Å². The summed E-state index contributed by atoms with van der Waals surface area (Å²) in [5, 5.41) is 9.91. The Morgan fingerprint density at radius 1 is 1.23 bits per heavy atom. The molecule has 2 aliphatic rings. The second-order valence-corrected chi connectivity index (χ2v) is 8.10. The molecule has 1 fully saturated rings. The lowest BCUT2D eigenvalue weighted by Gasteiger charge is -2.23. The highest BCUT2D eigenvalue weighted by Gasteiger charge is 2.27. The van der Waals surface area contributed by atoms with Crippen molar-refractivity contribution in [1.29, 1.82) is 0 Å². The van der Waals surface area contributed by atoms with Crippen LogP contribution in [0.2, 0.25) is 0 Å². The van der Waals surface area contributed by atoms with E-state index in [1.54, 1.807) is 6.21 Å². The first-order chi connectivity index (χ1) is 14.5. The lowest BCUT2D eigenvalue weighted by atomic mass is 9.94. The molecule has 6 nitrogen and oxygen atoms in total. The minimum atomic E-state index is -0.775. The highest BCUT2D eigenvalue weighted by Crippen LogP contribution is 2.41. The topological polar surface area (TPSA) is 70.7 Å². The van der Waals surface area contributed by atoms with Gasteiger partial charge in [-0.3, -0.25) is 15.0 Å². The summed E-state index contributed by atoms with van der Waals surface area (Å²) in [4.78, 5) is 21.3. The number of amides is 1. The van der Waals surface area contributed by atoms with E-state index in [9.17, 15) is 14.4 Å².